The van der Waals surface area contributed by atoms with Gasteiger partial charge in [0.2, 0.25) is 5.91 Å². The lowest BCUT2D eigenvalue weighted by atomic mass is 10.1. The molecular formula is C14H19F3N3O+. The zero-order chi connectivity index (χ0) is 15.6. The lowest BCUT2D eigenvalue weighted by molar-refractivity contribution is -0.880. The van der Waals surface area contributed by atoms with Gasteiger partial charge in [0.1, 0.15) is 0 Å². The molecule has 0 saturated carbocycles. The first-order chi connectivity index (χ1) is 9.77. The number of hydrogen-bond acceptors (Lipinski definition) is 2. The number of carbonyl (C=O) groups is 1. The molecule has 0 aliphatic carbocycles. The van der Waals surface area contributed by atoms with Gasteiger partial charge in [-0.1, -0.05) is 0 Å². The summed E-state index contributed by atoms with van der Waals surface area (Å²) in [5.41, 5.74) is 0.109. The van der Waals surface area contributed by atoms with E-state index in [-0.39, 0.29) is 11.6 Å². The van der Waals surface area contributed by atoms with Crippen LogP contribution in [0, 0.1) is 0 Å². The monoisotopic (exact) mass is 302 g/mol. The number of likely N-dealkylation sites (N-methyl/N-ethyl adjacent to an activating group) is 1. The molecule has 21 heavy (non-hydrogen) atoms. The Bertz CT molecular complexity index is 523. The van der Waals surface area contributed by atoms with Crippen LogP contribution < -0.4 is 15.1 Å². The Hall–Kier alpha value is -1.76. The molecule has 0 bridgehead atoms. The number of anilines is 2. The fraction of sp³-hybridized carbons (Fsp3) is 0.500. The summed E-state index contributed by atoms with van der Waals surface area (Å²) in [5, 5.41) is 2.51. The molecule has 7 heteroatoms. The van der Waals surface area contributed by atoms with E-state index in [1.54, 1.807) is 0 Å². The van der Waals surface area contributed by atoms with Crippen molar-refractivity contribution in [1.29, 1.82) is 0 Å². The minimum Gasteiger partial charge on any atom is -0.359 e. The van der Waals surface area contributed by atoms with E-state index in [1.165, 1.54) is 17.9 Å². The Labute approximate surface area is 121 Å². The van der Waals surface area contributed by atoms with Crippen molar-refractivity contribution >= 4 is 17.3 Å². The second-order valence-electron chi connectivity index (χ2n) is 5.36. The van der Waals surface area contributed by atoms with E-state index in [9.17, 15) is 18.0 Å². The average Bonchev–Trinajstić information content (AvgIpc) is 2.38. The Balaban J connectivity index is 2.33. The summed E-state index contributed by atoms with van der Waals surface area (Å²) in [6, 6.07) is 3.50. The number of halogens is 3. The maximum Gasteiger partial charge on any atom is 0.416 e. The molecule has 0 spiro atoms. The van der Waals surface area contributed by atoms with E-state index < -0.39 is 11.7 Å². The van der Waals surface area contributed by atoms with Gasteiger partial charge in [-0.25, -0.2) is 0 Å². The lowest BCUT2D eigenvalue weighted by Crippen LogP contribution is -3.12. The van der Waals surface area contributed by atoms with Gasteiger partial charge in [-0.3, -0.25) is 4.79 Å². The Kier molecular flexibility index (Phi) is 4.41. The van der Waals surface area contributed by atoms with Gasteiger partial charge in [0, 0.05) is 6.92 Å². The first-order valence-corrected chi connectivity index (χ1v) is 6.82. The molecule has 0 unspecified atom stereocenters. The van der Waals surface area contributed by atoms with E-state index in [0.29, 0.717) is 5.69 Å². The zero-order valence-electron chi connectivity index (χ0n) is 12.0. The molecule has 1 aliphatic rings. The van der Waals surface area contributed by atoms with Crippen molar-refractivity contribution in [2.45, 2.75) is 13.1 Å². The van der Waals surface area contributed by atoms with Crippen molar-refractivity contribution in [3.8, 4) is 0 Å². The van der Waals surface area contributed by atoms with Crippen molar-refractivity contribution in [2.75, 3.05) is 43.4 Å². The second-order valence-corrected chi connectivity index (χ2v) is 5.36. The maximum absolute atomic E-state index is 12.8. The first kappa shape index (κ1) is 15.6. The van der Waals surface area contributed by atoms with Crippen LogP contribution in [0.2, 0.25) is 0 Å². The molecule has 4 nitrogen and oxygen atoms in total. The van der Waals surface area contributed by atoms with E-state index in [2.05, 4.69) is 12.4 Å². The molecule has 116 valence electrons. The number of nitrogens with one attached hydrogen (secondary N) is 2. The number of rotatable bonds is 2. The van der Waals surface area contributed by atoms with Crippen LogP contribution >= 0.6 is 0 Å². The van der Waals surface area contributed by atoms with Crippen LogP contribution in [0.4, 0.5) is 24.5 Å². The highest BCUT2D eigenvalue weighted by molar-refractivity contribution is 5.93. The number of amides is 1. The van der Waals surface area contributed by atoms with Gasteiger partial charge >= 0.3 is 6.18 Å². The summed E-state index contributed by atoms with van der Waals surface area (Å²) in [5.74, 6) is -0.379. The molecule has 1 saturated heterocycles. The molecule has 1 aromatic carbocycles. The highest BCUT2D eigenvalue weighted by Crippen LogP contribution is 2.35. The molecule has 0 atom stereocenters. The predicted octanol–water partition coefficient (Wildman–Crippen LogP) is 0.998. The van der Waals surface area contributed by atoms with Gasteiger partial charge in [-0.2, -0.15) is 13.2 Å². The van der Waals surface area contributed by atoms with Gasteiger partial charge in [-0.05, 0) is 18.2 Å². The Morgan fingerprint density at radius 2 is 1.90 bits per heavy atom. The molecule has 0 aromatic heterocycles. The first-order valence-electron chi connectivity index (χ1n) is 6.82. The smallest absolute Gasteiger partial charge is 0.359 e. The number of nitrogens with zero attached hydrogens (tertiary/aromatic N) is 1. The molecule has 2 rings (SSSR count). The van der Waals surface area contributed by atoms with Gasteiger partial charge < -0.3 is 15.1 Å². The number of carbonyl (C=O) groups excluding carboxylic acids is 1. The van der Waals surface area contributed by atoms with Crippen molar-refractivity contribution in [1.82, 2.24) is 0 Å². The molecule has 1 fully saturated rings. The maximum atomic E-state index is 12.8. The normalized spacial score (nSPS) is 16.9. The summed E-state index contributed by atoms with van der Waals surface area (Å²) in [6.07, 6.45) is -4.42. The van der Waals surface area contributed by atoms with E-state index >= 15 is 0 Å². The fourth-order valence-electron chi connectivity index (χ4n) is 2.41. The van der Waals surface area contributed by atoms with Gasteiger partial charge in [0.15, 0.2) is 0 Å². The topological polar surface area (TPSA) is 36.8 Å². The van der Waals surface area contributed by atoms with Crippen LogP contribution in [0.15, 0.2) is 18.2 Å². The van der Waals surface area contributed by atoms with Gasteiger partial charge in [0.05, 0.1) is 50.2 Å². The largest absolute Gasteiger partial charge is 0.416 e. The standard InChI is InChI=1S/C14H18F3N3O/c1-10(21)18-12-9-11(14(15,16)17)3-4-13(12)20-7-5-19(2)6-8-20/h3-4,9H,5-8H2,1-2H3,(H,18,21)/p+1. The summed E-state index contributed by atoms with van der Waals surface area (Å²) in [4.78, 5) is 14.6. The number of piperazine rings is 1. The number of hydrogen-bond donors (Lipinski definition) is 2. The second kappa shape index (κ2) is 5.93. The molecule has 1 heterocycles. The van der Waals surface area contributed by atoms with E-state index in [1.807, 2.05) is 4.90 Å². The van der Waals surface area contributed by atoms with Crippen molar-refractivity contribution in [3.63, 3.8) is 0 Å². The molecule has 1 amide bonds. The van der Waals surface area contributed by atoms with E-state index in [4.69, 9.17) is 0 Å². The molecular weight excluding hydrogens is 283 g/mol. The van der Waals surface area contributed by atoms with Crippen LogP contribution in [0.25, 0.3) is 0 Å². The summed E-state index contributed by atoms with van der Waals surface area (Å²) < 4.78 is 38.4. The Morgan fingerprint density at radius 1 is 1.29 bits per heavy atom. The fourth-order valence-corrected chi connectivity index (χ4v) is 2.41. The summed E-state index contributed by atoms with van der Waals surface area (Å²) >= 11 is 0. The third-order valence-electron chi connectivity index (χ3n) is 3.59. The molecule has 0 radical (unpaired) electrons. The number of quaternary nitrogens is 1. The highest BCUT2D eigenvalue weighted by Gasteiger charge is 2.32. The van der Waals surface area contributed by atoms with Gasteiger partial charge in [-0.15, -0.1) is 0 Å². The van der Waals surface area contributed by atoms with Gasteiger partial charge in [0.25, 0.3) is 0 Å². The minimum atomic E-state index is -4.42. The highest BCUT2D eigenvalue weighted by atomic mass is 19.4. The number of alkyl halides is 3. The third-order valence-corrected chi connectivity index (χ3v) is 3.59. The average molecular weight is 302 g/mol. The predicted molar refractivity (Wildman–Crippen MR) is 74.6 cm³/mol. The van der Waals surface area contributed by atoms with Crippen molar-refractivity contribution in [2.24, 2.45) is 0 Å². The molecule has 1 aromatic rings. The number of benzene rings is 1. The lowest BCUT2D eigenvalue weighted by Gasteiger charge is -2.33. The van der Waals surface area contributed by atoms with Crippen LogP contribution in [-0.2, 0) is 11.0 Å². The Morgan fingerprint density at radius 3 is 2.43 bits per heavy atom. The van der Waals surface area contributed by atoms with E-state index in [0.717, 1.165) is 38.3 Å². The van der Waals surface area contributed by atoms with Crippen molar-refractivity contribution in [3.05, 3.63) is 23.8 Å². The molecule has 2 N–H and O–H groups in total. The zero-order valence-corrected chi connectivity index (χ0v) is 12.0. The van der Waals surface area contributed by atoms with Crippen LogP contribution in [0.1, 0.15) is 12.5 Å². The van der Waals surface area contributed by atoms with Crippen molar-refractivity contribution < 1.29 is 22.9 Å². The summed E-state index contributed by atoms with van der Waals surface area (Å²) in [6.45, 7) is 4.63. The minimum absolute atomic E-state index is 0.219. The molecule has 1 aliphatic heterocycles. The van der Waals surface area contributed by atoms with Crippen LogP contribution in [0.3, 0.4) is 0 Å². The SMILES string of the molecule is CC(=O)Nc1cc(C(F)(F)F)ccc1N1CC[NH+](C)CC1. The quantitative estimate of drug-likeness (QED) is 0.855. The van der Waals surface area contributed by atoms with Crippen LogP contribution in [0.5, 0.6) is 0 Å². The van der Waals surface area contributed by atoms with Crippen LogP contribution in [-0.4, -0.2) is 39.1 Å². The third kappa shape index (κ3) is 3.87. The summed E-state index contributed by atoms with van der Waals surface area (Å²) in [7, 11) is 2.08.